The molecule has 7 amide bonds. The number of carboxylic acid groups (broad SMARTS) is 2. The summed E-state index contributed by atoms with van der Waals surface area (Å²) < 4.78 is 0. The number of hydrogen-bond donors (Lipinski definition) is 14. The number of aliphatic hydroxyl groups excluding tert-OH is 2. The van der Waals surface area contributed by atoms with E-state index in [1.807, 2.05) is 0 Å². The molecule has 0 aliphatic heterocycles. The van der Waals surface area contributed by atoms with Crippen LogP contribution >= 0.6 is 0 Å². The average molecular weight is 804 g/mol. The lowest BCUT2D eigenvalue weighted by Gasteiger charge is -2.28. The van der Waals surface area contributed by atoms with Gasteiger partial charge in [0.2, 0.25) is 41.4 Å². The second kappa shape index (κ2) is 25.5. The van der Waals surface area contributed by atoms with Crippen LogP contribution in [-0.4, -0.2) is 142 Å². The third-order valence-electron chi connectivity index (χ3n) is 7.83. The number of amides is 7. The fraction of sp³-hybridized carbons (Fsp3) is 0.688. The van der Waals surface area contributed by atoms with Gasteiger partial charge in [-0.15, -0.1) is 0 Å². The average Bonchev–Trinajstić information content (AvgIpc) is 3.09. The molecule has 0 bridgehead atoms. The zero-order valence-corrected chi connectivity index (χ0v) is 31.8. The normalized spacial score (nSPS) is 14.7. The lowest BCUT2D eigenvalue weighted by Crippen LogP contribution is -2.61. The van der Waals surface area contributed by atoms with Crippen LogP contribution in [0.15, 0.2) is 4.99 Å². The zero-order chi connectivity index (χ0) is 43.3. The topological polar surface area (TPSA) is 423 Å². The van der Waals surface area contributed by atoms with Gasteiger partial charge in [0, 0.05) is 13.0 Å². The maximum absolute atomic E-state index is 13.5. The van der Waals surface area contributed by atoms with Crippen molar-refractivity contribution in [2.24, 2.45) is 39.8 Å². The van der Waals surface area contributed by atoms with Gasteiger partial charge in [-0.3, -0.25) is 43.3 Å². The van der Waals surface area contributed by atoms with Crippen molar-refractivity contribution < 1.29 is 63.6 Å². The Bertz CT molecular complexity index is 1420. The lowest BCUT2D eigenvalue weighted by atomic mass is 9.99. The van der Waals surface area contributed by atoms with E-state index in [2.05, 4.69) is 36.9 Å². The highest BCUT2D eigenvalue weighted by Gasteiger charge is 2.35. The van der Waals surface area contributed by atoms with Crippen molar-refractivity contribution in [2.45, 2.75) is 109 Å². The second-order valence-electron chi connectivity index (χ2n) is 13.5. The van der Waals surface area contributed by atoms with E-state index in [1.165, 1.54) is 0 Å². The molecule has 0 unspecified atom stereocenters. The van der Waals surface area contributed by atoms with Crippen molar-refractivity contribution in [3.05, 3.63) is 0 Å². The molecule has 0 aliphatic carbocycles. The fourth-order valence-electron chi connectivity index (χ4n) is 4.81. The Hall–Kier alpha value is -5.62. The summed E-state index contributed by atoms with van der Waals surface area (Å²) in [5.41, 5.74) is 21.2. The first-order valence-electron chi connectivity index (χ1n) is 17.6. The highest BCUT2D eigenvalue weighted by molar-refractivity contribution is 5.98. The third kappa shape index (κ3) is 19.6. The molecular weight excluding hydrogens is 746 g/mol. The maximum atomic E-state index is 13.5. The lowest BCUT2D eigenvalue weighted by molar-refractivity contribution is -0.143. The molecule has 0 saturated heterocycles. The van der Waals surface area contributed by atoms with Gasteiger partial charge in [0.1, 0.15) is 36.3 Å². The van der Waals surface area contributed by atoms with E-state index in [1.54, 1.807) is 27.7 Å². The SMILES string of the molecule is CC(C)C[C@H](NC(=O)[C@H](CC(=O)O)NC(=O)[C@H](CO)NC(=O)[C@H](CO)NC(=O)[C@@H](N)CCC(N)=O)C(=O)N[C@H](C(=O)N[C@@H](CCCN=C(N)N)C(=O)O)C(C)C. The summed E-state index contributed by atoms with van der Waals surface area (Å²) in [4.78, 5) is 117. The van der Waals surface area contributed by atoms with Crippen LogP contribution < -0.4 is 54.8 Å². The van der Waals surface area contributed by atoms with Crippen molar-refractivity contribution >= 4 is 59.2 Å². The third-order valence-corrected chi connectivity index (χ3v) is 7.83. The number of carbonyl (C=O) groups is 9. The molecule has 0 saturated carbocycles. The van der Waals surface area contributed by atoms with Gasteiger partial charge in [0.25, 0.3) is 0 Å². The highest BCUT2D eigenvalue weighted by Crippen LogP contribution is 2.10. The van der Waals surface area contributed by atoms with E-state index in [9.17, 15) is 63.6 Å². The van der Waals surface area contributed by atoms with Crippen LogP contribution in [0.3, 0.4) is 0 Å². The number of carboxylic acids is 2. The largest absolute Gasteiger partial charge is 0.481 e. The first-order chi connectivity index (χ1) is 26.0. The molecule has 18 N–H and O–H groups in total. The molecule has 318 valence electrons. The van der Waals surface area contributed by atoms with Crippen LogP contribution in [0.25, 0.3) is 0 Å². The number of aliphatic carboxylic acids is 2. The molecule has 7 atom stereocenters. The number of aliphatic imine (C=N–C) groups is 1. The molecule has 24 nitrogen and oxygen atoms in total. The van der Waals surface area contributed by atoms with Gasteiger partial charge < -0.3 is 75.3 Å². The molecule has 0 aromatic heterocycles. The van der Waals surface area contributed by atoms with Gasteiger partial charge in [-0.25, -0.2) is 4.79 Å². The van der Waals surface area contributed by atoms with Gasteiger partial charge in [0.05, 0.1) is 25.7 Å². The van der Waals surface area contributed by atoms with Crippen LogP contribution in [0.5, 0.6) is 0 Å². The fourth-order valence-corrected chi connectivity index (χ4v) is 4.81. The van der Waals surface area contributed by atoms with Crippen LogP contribution in [-0.2, 0) is 43.2 Å². The van der Waals surface area contributed by atoms with Crippen LogP contribution in [0.4, 0.5) is 0 Å². The molecule has 0 rings (SSSR count). The summed E-state index contributed by atoms with van der Waals surface area (Å²) in [6, 6.07) is -10.8. The molecule has 0 aromatic rings. The summed E-state index contributed by atoms with van der Waals surface area (Å²) >= 11 is 0. The van der Waals surface area contributed by atoms with Crippen LogP contribution in [0.1, 0.15) is 66.2 Å². The van der Waals surface area contributed by atoms with Crippen molar-refractivity contribution in [1.82, 2.24) is 31.9 Å². The minimum atomic E-state index is -1.88. The Labute approximate surface area is 322 Å². The first-order valence-corrected chi connectivity index (χ1v) is 17.6. The van der Waals surface area contributed by atoms with E-state index < -0.39 is 121 Å². The van der Waals surface area contributed by atoms with Crippen LogP contribution in [0, 0.1) is 11.8 Å². The Morgan fingerprint density at radius 2 is 1.07 bits per heavy atom. The van der Waals surface area contributed by atoms with E-state index in [-0.39, 0.29) is 50.5 Å². The number of nitrogens with two attached hydrogens (primary N) is 4. The van der Waals surface area contributed by atoms with E-state index in [4.69, 9.17) is 22.9 Å². The molecular formula is C32H57N11O13. The number of nitrogens with one attached hydrogen (secondary N) is 6. The van der Waals surface area contributed by atoms with E-state index in [0.717, 1.165) is 0 Å². The Morgan fingerprint density at radius 1 is 0.607 bits per heavy atom. The predicted molar refractivity (Wildman–Crippen MR) is 196 cm³/mol. The summed E-state index contributed by atoms with van der Waals surface area (Å²) in [7, 11) is 0. The summed E-state index contributed by atoms with van der Waals surface area (Å²) in [6.45, 7) is 4.54. The Kier molecular flexibility index (Phi) is 22.9. The summed E-state index contributed by atoms with van der Waals surface area (Å²) in [5, 5.41) is 52.1. The molecule has 0 heterocycles. The van der Waals surface area contributed by atoms with Crippen molar-refractivity contribution in [3.8, 4) is 0 Å². The molecule has 0 fully saturated rings. The van der Waals surface area contributed by atoms with E-state index >= 15 is 0 Å². The number of aliphatic hydroxyl groups is 2. The van der Waals surface area contributed by atoms with Gasteiger partial charge in [0.15, 0.2) is 5.96 Å². The smallest absolute Gasteiger partial charge is 0.326 e. The standard InChI is InChI=1S/C32H57N11O13/c1-14(2)10-18(27(51)43-24(15(3)4)30(54)38-17(31(55)56)6-5-9-37-32(35)36)39-26(50)19(11-23(47)48)40-28(52)21(13-45)42-29(53)20(12-44)41-25(49)16(33)7-8-22(34)46/h14-21,24,44-45H,5-13,33H2,1-4H3,(H2,34,46)(H,38,54)(H,39,50)(H,40,52)(H,41,49)(H,42,53)(H,43,51)(H,47,48)(H,55,56)(H4,35,36,37)/t16-,17-,18-,19-,20-,21-,24-/m0/s1. The number of rotatable bonds is 27. The molecule has 56 heavy (non-hydrogen) atoms. The minimum absolute atomic E-state index is 0.0456. The number of guanidine groups is 1. The van der Waals surface area contributed by atoms with E-state index in [0.29, 0.717) is 0 Å². The maximum Gasteiger partial charge on any atom is 0.326 e. The quantitative estimate of drug-likeness (QED) is 0.0209. The molecule has 0 aliphatic rings. The summed E-state index contributed by atoms with van der Waals surface area (Å²) in [6.07, 6.45) is -1.36. The molecule has 0 radical (unpaired) electrons. The first kappa shape index (κ1) is 50.4. The minimum Gasteiger partial charge on any atom is -0.481 e. The van der Waals surface area contributed by atoms with Gasteiger partial charge in [-0.2, -0.15) is 0 Å². The van der Waals surface area contributed by atoms with Gasteiger partial charge in [-0.05, 0) is 37.5 Å². The predicted octanol–water partition coefficient (Wildman–Crippen LogP) is -6.21. The highest BCUT2D eigenvalue weighted by atomic mass is 16.4. The number of hydrogen-bond acceptors (Lipinski definition) is 13. The molecule has 0 aromatic carbocycles. The van der Waals surface area contributed by atoms with Gasteiger partial charge in [-0.1, -0.05) is 27.7 Å². The van der Waals surface area contributed by atoms with Crippen molar-refractivity contribution in [3.63, 3.8) is 0 Å². The zero-order valence-electron chi connectivity index (χ0n) is 31.8. The Balaban J connectivity index is 5.96. The van der Waals surface area contributed by atoms with Crippen LogP contribution in [0.2, 0.25) is 0 Å². The monoisotopic (exact) mass is 803 g/mol. The Morgan fingerprint density at radius 3 is 1.52 bits per heavy atom. The van der Waals surface area contributed by atoms with Gasteiger partial charge >= 0.3 is 11.9 Å². The molecule has 24 heteroatoms. The van der Waals surface area contributed by atoms with Crippen molar-refractivity contribution in [2.75, 3.05) is 19.8 Å². The number of primary amides is 1. The molecule has 0 spiro atoms. The van der Waals surface area contributed by atoms with Crippen molar-refractivity contribution in [1.29, 1.82) is 0 Å². The second-order valence-corrected chi connectivity index (χ2v) is 13.5. The number of nitrogens with zero attached hydrogens (tertiary/aromatic N) is 1. The summed E-state index contributed by atoms with van der Waals surface area (Å²) in [5.74, 6) is -11.0. The number of carbonyl (C=O) groups excluding carboxylic acids is 7.